The van der Waals surface area contributed by atoms with Crippen LogP contribution >= 0.6 is 0 Å². The van der Waals surface area contributed by atoms with E-state index >= 15 is 0 Å². The molecule has 0 aromatic carbocycles. The largest absolute Gasteiger partial charge is 0.470 e. The number of rotatable bonds is 4. The van der Waals surface area contributed by atoms with Crippen molar-refractivity contribution in [1.82, 2.24) is 14.9 Å². The van der Waals surface area contributed by atoms with Crippen LogP contribution in [0, 0.1) is 5.92 Å². The van der Waals surface area contributed by atoms with Gasteiger partial charge in [-0.1, -0.05) is 0 Å². The maximum Gasteiger partial charge on any atom is 0.257 e. The average Bonchev–Trinajstić information content (AvgIpc) is 3.19. The van der Waals surface area contributed by atoms with Gasteiger partial charge >= 0.3 is 0 Å². The molecule has 1 aliphatic carbocycles. The number of carbonyl (C=O) groups is 1. The van der Waals surface area contributed by atoms with E-state index in [0.717, 1.165) is 31.6 Å². The molecule has 1 saturated carbocycles. The van der Waals surface area contributed by atoms with Gasteiger partial charge in [-0.25, -0.2) is 9.97 Å². The zero-order valence-electron chi connectivity index (χ0n) is 12.0. The molecule has 2 aliphatic rings. The highest BCUT2D eigenvalue weighted by atomic mass is 16.5. The van der Waals surface area contributed by atoms with Crippen LogP contribution in [-0.4, -0.2) is 54.1 Å². The Morgan fingerprint density at radius 3 is 2.75 bits per heavy atom. The van der Waals surface area contributed by atoms with Gasteiger partial charge in [0.15, 0.2) is 5.82 Å². The number of likely N-dealkylation sites (tertiary alicyclic amines) is 1. The Labute approximate surface area is 118 Å². The molecule has 1 aromatic heterocycles. The Morgan fingerprint density at radius 2 is 2.05 bits per heavy atom. The molecule has 0 N–H and O–H groups in total. The summed E-state index contributed by atoms with van der Waals surface area (Å²) in [5.41, 5.74) is 0. The summed E-state index contributed by atoms with van der Waals surface area (Å²) in [7, 11) is 3.82. The highest BCUT2D eigenvalue weighted by Crippen LogP contribution is 2.32. The Hall–Kier alpha value is -1.85. The number of amides is 1. The van der Waals surface area contributed by atoms with E-state index in [2.05, 4.69) is 9.97 Å². The average molecular weight is 276 g/mol. The summed E-state index contributed by atoms with van der Waals surface area (Å²) >= 11 is 0. The van der Waals surface area contributed by atoms with Gasteiger partial charge < -0.3 is 14.5 Å². The first-order valence-corrected chi connectivity index (χ1v) is 7.09. The minimum atomic E-state index is 0.0214. The molecule has 1 unspecified atom stereocenters. The van der Waals surface area contributed by atoms with E-state index in [9.17, 15) is 4.79 Å². The molecule has 20 heavy (non-hydrogen) atoms. The molecule has 0 radical (unpaired) electrons. The van der Waals surface area contributed by atoms with Crippen LogP contribution < -0.4 is 9.64 Å². The van der Waals surface area contributed by atoms with Crippen LogP contribution in [0.25, 0.3) is 0 Å². The lowest BCUT2D eigenvalue weighted by atomic mass is 10.3. The van der Waals surface area contributed by atoms with Gasteiger partial charge in [0, 0.05) is 45.4 Å². The summed E-state index contributed by atoms with van der Waals surface area (Å²) in [6.07, 6.45) is 6.27. The van der Waals surface area contributed by atoms with Crippen LogP contribution in [-0.2, 0) is 4.79 Å². The lowest BCUT2D eigenvalue weighted by molar-refractivity contribution is -0.131. The van der Waals surface area contributed by atoms with E-state index in [-0.39, 0.29) is 12.0 Å². The zero-order valence-corrected chi connectivity index (χ0v) is 12.0. The lowest BCUT2D eigenvalue weighted by Gasteiger charge is -2.19. The standard InChI is InChI=1S/C14H20N4O2/c1-17(2)12-13(16-7-6-15-12)20-11-5-8-18(9-11)14(19)10-3-4-10/h6-7,10-11H,3-5,8-9H2,1-2H3. The molecule has 108 valence electrons. The molecule has 6 nitrogen and oxygen atoms in total. The zero-order chi connectivity index (χ0) is 14.1. The summed E-state index contributed by atoms with van der Waals surface area (Å²) in [5, 5.41) is 0. The summed E-state index contributed by atoms with van der Waals surface area (Å²) in [5.74, 6) is 1.84. The predicted molar refractivity (Wildman–Crippen MR) is 74.7 cm³/mol. The number of hydrogen-bond acceptors (Lipinski definition) is 5. The van der Waals surface area contributed by atoms with Crippen LogP contribution in [0.15, 0.2) is 12.4 Å². The van der Waals surface area contributed by atoms with E-state index < -0.39 is 0 Å². The van der Waals surface area contributed by atoms with Gasteiger partial charge in [-0.3, -0.25) is 4.79 Å². The van der Waals surface area contributed by atoms with Gasteiger partial charge in [-0.2, -0.15) is 0 Å². The van der Waals surface area contributed by atoms with Crippen LogP contribution in [0.4, 0.5) is 5.82 Å². The van der Waals surface area contributed by atoms with Crippen molar-refractivity contribution in [2.45, 2.75) is 25.4 Å². The first-order chi connectivity index (χ1) is 9.65. The summed E-state index contributed by atoms with van der Waals surface area (Å²) in [6, 6.07) is 0. The van der Waals surface area contributed by atoms with Crippen LogP contribution in [0.1, 0.15) is 19.3 Å². The molecule has 1 saturated heterocycles. The summed E-state index contributed by atoms with van der Waals surface area (Å²) < 4.78 is 5.94. The molecule has 6 heteroatoms. The normalized spacial score (nSPS) is 21.9. The highest BCUT2D eigenvalue weighted by molar-refractivity contribution is 5.81. The van der Waals surface area contributed by atoms with Crippen molar-refractivity contribution < 1.29 is 9.53 Å². The van der Waals surface area contributed by atoms with E-state index in [1.54, 1.807) is 12.4 Å². The molecule has 3 rings (SSSR count). The van der Waals surface area contributed by atoms with E-state index in [1.807, 2.05) is 23.9 Å². The van der Waals surface area contributed by atoms with Crippen molar-refractivity contribution >= 4 is 11.7 Å². The Balaban J connectivity index is 1.63. The van der Waals surface area contributed by atoms with Crippen LogP contribution in [0.2, 0.25) is 0 Å². The molecule has 1 atom stereocenters. The summed E-state index contributed by atoms with van der Waals surface area (Å²) in [6.45, 7) is 1.45. The second-order valence-electron chi connectivity index (χ2n) is 5.67. The third-order valence-electron chi connectivity index (χ3n) is 3.73. The minimum absolute atomic E-state index is 0.0214. The van der Waals surface area contributed by atoms with Crippen molar-refractivity contribution in [3.63, 3.8) is 0 Å². The van der Waals surface area contributed by atoms with Crippen LogP contribution in [0.5, 0.6) is 5.88 Å². The second kappa shape index (κ2) is 5.26. The third-order valence-corrected chi connectivity index (χ3v) is 3.73. The predicted octanol–water partition coefficient (Wildman–Crippen LogP) is 0.932. The second-order valence-corrected chi connectivity index (χ2v) is 5.67. The highest BCUT2D eigenvalue weighted by Gasteiger charge is 2.37. The number of hydrogen-bond donors (Lipinski definition) is 0. The molecule has 0 bridgehead atoms. The smallest absolute Gasteiger partial charge is 0.257 e. The molecule has 2 fully saturated rings. The number of nitrogens with zero attached hydrogens (tertiary/aromatic N) is 4. The molecule has 0 spiro atoms. The number of ether oxygens (including phenoxy) is 1. The van der Waals surface area contributed by atoms with Gasteiger partial charge in [-0.15, -0.1) is 0 Å². The first kappa shape index (κ1) is 13.1. The Bertz CT molecular complexity index is 502. The van der Waals surface area contributed by atoms with Crippen molar-refractivity contribution in [3.05, 3.63) is 12.4 Å². The first-order valence-electron chi connectivity index (χ1n) is 7.09. The van der Waals surface area contributed by atoms with Gasteiger partial charge in [0.1, 0.15) is 6.10 Å². The fourth-order valence-electron chi connectivity index (χ4n) is 2.48. The van der Waals surface area contributed by atoms with Gasteiger partial charge in [0.05, 0.1) is 6.54 Å². The third kappa shape index (κ3) is 2.69. The maximum absolute atomic E-state index is 12.0. The molecule has 1 aromatic rings. The minimum Gasteiger partial charge on any atom is -0.470 e. The quantitative estimate of drug-likeness (QED) is 0.819. The topological polar surface area (TPSA) is 58.6 Å². The van der Waals surface area contributed by atoms with Crippen molar-refractivity contribution in [3.8, 4) is 5.88 Å². The van der Waals surface area contributed by atoms with E-state index in [0.29, 0.717) is 18.3 Å². The Morgan fingerprint density at radius 1 is 1.30 bits per heavy atom. The fraction of sp³-hybridized carbons (Fsp3) is 0.643. The SMILES string of the molecule is CN(C)c1nccnc1OC1CCN(C(=O)C2CC2)C1. The van der Waals surface area contributed by atoms with E-state index in [4.69, 9.17) is 4.74 Å². The molecule has 1 amide bonds. The molecule has 1 aliphatic heterocycles. The maximum atomic E-state index is 12.0. The molecular weight excluding hydrogens is 256 g/mol. The number of anilines is 1. The van der Waals surface area contributed by atoms with Crippen molar-refractivity contribution in [2.75, 3.05) is 32.1 Å². The van der Waals surface area contributed by atoms with Crippen molar-refractivity contribution in [1.29, 1.82) is 0 Å². The van der Waals surface area contributed by atoms with Gasteiger partial charge in [0.2, 0.25) is 5.91 Å². The van der Waals surface area contributed by atoms with E-state index in [1.165, 1.54) is 0 Å². The molecular formula is C14H20N4O2. The monoisotopic (exact) mass is 276 g/mol. The Kier molecular flexibility index (Phi) is 3.46. The molecule has 2 heterocycles. The van der Waals surface area contributed by atoms with Crippen molar-refractivity contribution in [2.24, 2.45) is 5.92 Å². The summed E-state index contributed by atoms with van der Waals surface area (Å²) in [4.78, 5) is 24.3. The number of aromatic nitrogens is 2. The van der Waals surface area contributed by atoms with Gasteiger partial charge in [0.25, 0.3) is 5.88 Å². The lowest BCUT2D eigenvalue weighted by Crippen LogP contribution is -2.32. The van der Waals surface area contributed by atoms with Gasteiger partial charge in [-0.05, 0) is 12.8 Å². The van der Waals surface area contributed by atoms with Crippen LogP contribution in [0.3, 0.4) is 0 Å². The number of carbonyl (C=O) groups excluding carboxylic acids is 1. The fourth-order valence-corrected chi connectivity index (χ4v) is 2.48.